The molecule has 1 aromatic rings. The fourth-order valence-electron chi connectivity index (χ4n) is 1.99. The van der Waals surface area contributed by atoms with Crippen LogP contribution >= 0.6 is 0 Å². The van der Waals surface area contributed by atoms with Crippen LogP contribution in [0.4, 0.5) is 11.6 Å². The smallest absolute Gasteiger partial charge is 0.148 e. The second-order valence-electron chi connectivity index (χ2n) is 3.91. The van der Waals surface area contributed by atoms with Crippen molar-refractivity contribution in [2.24, 2.45) is 5.84 Å². The molecule has 0 unspecified atom stereocenters. The number of hydrazine groups is 1. The number of hydrogen-bond acceptors (Lipinski definition) is 5. The number of aryl methyl sites for hydroxylation is 1. The van der Waals surface area contributed by atoms with Gasteiger partial charge in [0.05, 0.1) is 0 Å². The Kier molecular flexibility index (Phi) is 2.73. The number of nitrogens with one attached hydrogen (secondary N) is 1. The highest BCUT2D eigenvalue weighted by molar-refractivity contribution is 5.58. The number of nitrogens with zero attached hydrogens (tertiary/aromatic N) is 3. The van der Waals surface area contributed by atoms with E-state index in [1.807, 2.05) is 13.8 Å². The molecule has 0 amide bonds. The number of anilines is 2. The molecular weight excluding hydrogens is 190 g/mol. The maximum atomic E-state index is 5.43. The normalized spacial score (nSPS) is 15.8. The highest BCUT2D eigenvalue weighted by Gasteiger charge is 2.18. The van der Waals surface area contributed by atoms with Gasteiger partial charge in [0.25, 0.3) is 0 Å². The van der Waals surface area contributed by atoms with E-state index in [1.165, 1.54) is 12.8 Å². The highest BCUT2D eigenvalue weighted by Crippen LogP contribution is 2.25. The van der Waals surface area contributed by atoms with E-state index in [2.05, 4.69) is 20.3 Å². The van der Waals surface area contributed by atoms with Crippen LogP contribution in [0.25, 0.3) is 0 Å². The molecule has 0 bridgehead atoms. The van der Waals surface area contributed by atoms with E-state index in [4.69, 9.17) is 5.84 Å². The van der Waals surface area contributed by atoms with Crippen LogP contribution in [0.15, 0.2) is 0 Å². The molecule has 5 heteroatoms. The van der Waals surface area contributed by atoms with Crippen LogP contribution in [0, 0.1) is 13.8 Å². The fourth-order valence-corrected chi connectivity index (χ4v) is 1.99. The number of nitrogen functional groups attached to an aromatic ring is 1. The lowest BCUT2D eigenvalue weighted by atomic mass is 10.3. The summed E-state index contributed by atoms with van der Waals surface area (Å²) in [5.41, 5.74) is 3.65. The molecule has 5 nitrogen and oxygen atoms in total. The monoisotopic (exact) mass is 207 g/mol. The maximum Gasteiger partial charge on any atom is 0.148 e. The summed E-state index contributed by atoms with van der Waals surface area (Å²) in [6.45, 7) is 6.06. The summed E-state index contributed by atoms with van der Waals surface area (Å²) in [6.07, 6.45) is 2.49. The van der Waals surface area contributed by atoms with Gasteiger partial charge in [-0.15, -0.1) is 0 Å². The van der Waals surface area contributed by atoms with E-state index in [1.54, 1.807) is 0 Å². The van der Waals surface area contributed by atoms with Gasteiger partial charge in [0.2, 0.25) is 0 Å². The first-order valence-corrected chi connectivity index (χ1v) is 5.29. The predicted octanol–water partition coefficient (Wildman–Crippen LogP) is 0.979. The van der Waals surface area contributed by atoms with Gasteiger partial charge in [0.1, 0.15) is 17.5 Å². The van der Waals surface area contributed by atoms with Crippen LogP contribution in [-0.4, -0.2) is 23.1 Å². The molecule has 0 radical (unpaired) electrons. The molecule has 15 heavy (non-hydrogen) atoms. The third-order valence-corrected chi connectivity index (χ3v) is 2.77. The summed E-state index contributed by atoms with van der Waals surface area (Å²) >= 11 is 0. The SMILES string of the molecule is Cc1nc(NN)c(C)c(N2CCCC2)n1. The van der Waals surface area contributed by atoms with Crippen molar-refractivity contribution in [3.05, 3.63) is 11.4 Å². The van der Waals surface area contributed by atoms with E-state index in [-0.39, 0.29) is 0 Å². The largest absolute Gasteiger partial charge is 0.356 e. The van der Waals surface area contributed by atoms with Crippen LogP contribution in [0.1, 0.15) is 24.2 Å². The molecule has 3 N–H and O–H groups in total. The Morgan fingerprint density at radius 2 is 1.87 bits per heavy atom. The van der Waals surface area contributed by atoms with Gasteiger partial charge in [-0.2, -0.15) is 0 Å². The zero-order valence-corrected chi connectivity index (χ0v) is 9.25. The predicted molar refractivity (Wildman–Crippen MR) is 60.8 cm³/mol. The fraction of sp³-hybridized carbons (Fsp3) is 0.600. The Balaban J connectivity index is 2.40. The summed E-state index contributed by atoms with van der Waals surface area (Å²) in [5.74, 6) is 7.94. The van der Waals surface area contributed by atoms with Crippen molar-refractivity contribution in [1.29, 1.82) is 0 Å². The first-order chi connectivity index (χ1) is 7.22. The molecule has 1 fully saturated rings. The second kappa shape index (κ2) is 4.02. The van der Waals surface area contributed by atoms with Gasteiger partial charge in [-0.1, -0.05) is 0 Å². The average molecular weight is 207 g/mol. The van der Waals surface area contributed by atoms with Crippen molar-refractivity contribution in [3.63, 3.8) is 0 Å². The lowest BCUT2D eigenvalue weighted by Gasteiger charge is -2.20. The van der Waals surface area contributed by atoms with Crippen LogP contribution in [0.5, 0.6) is 0 Å². The molecule has 1 saturated heterocycles. The standard InChI is InChI=1S/C10H17N5/c1-7-9(14-11)12-8(2)13-10(7)15-5-3-4-6-15/h3-6,11H2,1-2H3,(H,12,13,14). The topological polar surface area (TPSA) is 67.1 Å². The summed E-state index contributed by atoms with van der Waals surface area (Å²) < 4.78 is 0. The molecule has 2 heterocycles. The molecule has 2 rings (SSSR count). The first kappa shape index (κ1) is 10.2. The van der Waals surface area contributed by atoms with Gasteiger partial charge < -0.3 is 10.3 Å². The number of aromatic nitrogens is 2. The minimum Gasteiger partial charge on any atom is -0.356 e. The molecule has 0 saturated carbocycles. The molecule has 1 aliphatic heterocycles. The summed E-state index contributed by atoms with van der Waals surface area (Å²) in [4.78, 5) is 11.0. The first-order valence-electron chi connectivity index (χ1n) is 5.29. The van der Waals surface area contributed by atoms with Gasteiger partial charge in [-0.05, 0) is 26.7 Å². The zero-order valence-electron chi connectivity index (χ0n) is 9.25. The Morgan fingerprint density at radius 1 is 1.20 bits per heavy atom. The highest BCUT2D eigenvalue weighted by atomic mass is 15.3. The molecule has 0 aromatic carbocycles. The van der Waals surface area contributed by atoms with E-state index >= 15 is 0 Å². The Hall–Kier alpha value is -1.36. The van der Waals surface area contributed by atoms with Crippen LogP contribution in [0.2, 0.25) is 0 Å². The molecule has 1 aromatic heterocycles. The van der Waals surface area contributed by atoms with Crippen molar-refractivity contribution in [3.8, 4) is 0 Å². The average Bonchev–Trinajstić information content (AvgIpc) is 2.74. The minimum absolute atomic E-state index is 0.726. The van der Waals surface area contributed by atoms with E-state index in [0.717, 1.165) is 36.1 Å². The van der Waals surface area contributed by atoms with Crippen LogP contribution in [-0.2, 0) is 0 Å². The molecule has 1 aliphatic rings. The Labute approximate surface area is 89.7 Å². The Morgan fingerprint density at radius 3 is 2.47 bits per heavy atom. The molecular formula is C10H17N5. The van der Waals surface area contributed by atoms with E-state index < -0.39 is 0 Å². The molecule has 0 atom stereocenters. The Bertz CT molecular complexity index is 357. The van der Waals surface area contributed by atoms with Crippen molar-refractivity contribution in [2.45, 2.75) is 26.7 Å². The van der Waals surface area contributed by atoms with Gasteiger partial charge >= 0.3 is 0 Å². The van der Waals surface area contributed by atoms with Crippen molar-refractivity contribution in [1.82, 2.24) is 9.97 Å². The second-order valence-corrected chi connectivity index (χ2v) is 3.91. The van der Waals surface area contributed by atoms with Gasteiger partial charge in [-0.25, -0.2) is 15.8 Å². The lowest BCUT2D eigenvalue weighted by Crippen LogP contribution is -2.22. The zero-order chi connectivity index (χ0) is 10.8. The summed E-state index contributed by atoms with van der Waals surface area (Å²) in [7, 11) is 0. The summed E-state index contributed by atoms with van der Waals surface area (Å²) in [5, 5.41) is 0. The molecule has 0 spiro atoms. The van der Waals surface area contributed by atoms with E-state index in [0.29, 0.717) is 0 Å². The van der Waals surface area contributed by atoms with Crippen molar-refractivity contribution in [2.75, 3.05) is 23.4 Å². The number of hydrogen-bond donors (Lipinski definition) is 2. The summed E-state index contributed by atoms with van der Waals surface area (Å²) in [6, 6.07) is 0. The lowest BCUT2D eigenvalue weighted by molar-refractivity contribution is 0.897. The molecule has 82 valence electrons. The molecule has 0 aliphatic carbocycles. The van der Waals surface area contributed by atoms with Gasteiger partial charge in [0, 0.05) is 18.7 Å². The van der Waals surface area contributed by atoms with Gasteiger partial charge in [-0.3, -0.25) is 0 Å². The third kappa shape index (κ3) is 1.87. The van der Waals surface area contributed by atoms with E-state index in [9.17, 15) is 0 Å². The third-order valence-electron chi connectivity index (χ3n) is 2.77. The number of nitrogens with two attached hydrogens (primary N) is 1. The minimum atomic E-state index is 0.726. The van der Waals surface area contributed by atoms with Crippen molar-refractivity contribution >= 4 is 11.6 Å². The van der Waals surface area contributed by atoms with Crippen molar-refractivity contribution < 1.29 is 0 Å². The maximum absolute atomic E-state index is 5.43. The quantitative estimate of drug-likeness (QED) is 0.559. The van der Waals surface area contributed by atoms with Crippen LogP contribution < -0.4 is 16.2 Å². The van der Waals surface area contributed by atoms with Gasteiger partial charge in [0.15, 0.2) is 0 Å². The van der Waals surface area contributed by atoms with Crippen LogP contribution in [0.3, 0.4) is 0 Å². The number of rotatable bonds is 2.